The zero-order chi connectivity index (χ0) is 8.91. The van der Waals surface area contributed by atoms with E-state index in [1.807, 2.05) is 0 Å². The summed E-state index contributed by atoms with van der Waals surface area (Å²) in [4.78, 5) is 0. The lowest BCUT2D eigenvalue weighted by Gasteiger charge is -2.12. The molecule has 0 spiro atoms. The molecule has 0 aliphatic rings. The van der Waals surface area contributed by atoms with Crippen LogP contribution in [0.2, 0.25) is 0 Å². The van der Waals surface area contributed by atoms with Gasteiger partial charge in [0.15, 0.2) is 0 Å². The lowest BCUT2D eigenvalue weighted by Crippen LogP contribution is -2.17. The molecule has 0 aliphatic heterocycles. The third-order valence-electron chi connectivity index (χ3n) is 1.16. The van der Waals surface area contributed by atoms with Crippen LogP contribution < -0.4 is 0 Å². The van der Waals surface area contributed by atoms with Crippen molar-refractivity contribution in [1.29, 1.82) is 5.26 Å². The Labute approximate surface area is 62.2 Å². The number of hydrogen-bond acceptors (Lipinski definition) is 2. The van der Waals surface area contributed by atoms with Crippen molar-refractivity contribution in [3.8, 4) is 6.07 Å². The number of nitriles is 1. The van der Waals surface area contributed by atoms with Crippen molar-refractivity contribution in [2.75, 3.05) is 6.61 Å². The van der Waals surface area contributed by atoms with Gasteiger partial charge in [-0.25, -0.2) is 0 Å². The summed E-state index contributed by atoms with van der Waals surface area (Å²) in [6, 6.07) is 1.58. The minimum absolute atomic E-state index is 0.254. The average molecular weight is 167 g/mol. The number of hydrogen-bond donors (Lipinski definition) is 1. The van der Waals surface area contributed by atoms with E-state index in [-0.39, 0.29) is 6.42 Å². The second-order valence-corrected chi connectivity index (χ2v) is 2.23. The molecule has 0 saturated heterocycles. The van der Waals surface area contributed by atoms with Gasteiger partial charge in [0.25, 0.3) is 0 Å². The molecule has 1 atom stereocenters. The van der Waals surface area contributed by atoms with Crippen molar-refractivity contribution in [2.45, 2.75) is 19.0 Å². The van der Waals surface area contributed by atoms with Gasteiger partial charge in [-0.1, -0.05) is 0 Å². The van der Waals surface area contributed by atoms with Gasteiger partial charge in [0.05, 0.1) is 6.07 Å². The van der Waals surface area contributed by atoms with Crippen molar-refractivity contribution in [1.82, 2.24) is 0 Å². The Bertz CT molecular complexity index is 149. The van der Waals surface area contributed by atoms with Crippen LogP contribution in [0.3, 0.4) is 0 Å². The van der Waals surface area contributed by atoms with Gasteiger partial charge in [-0.3, -0.25) is 0 Å². The summed E-state index contributed by atoms with van der Waals surface area (Å²) in [7, 11) is 0. The first-order chi connectivity index (χ1) is 4.99. The van der Waals surface area contributed by atoms with E-state index in [1.54, 1.807) is 6.07 Å². The molecule has 0 saturated carbocycles. The van der Waals surface area contributed by atoms with Crippen molar-refractivity contribution in [2.24, 2.45) is 5.92 Å². The normalized spacial score (nSPS) is 14.1. The first-order valence-corrected chi connectivity index (χ1v) is 3.04. The standard InChI is InChI=1S/C6H8F3NO/c7-6(8,9)3-5(4-11)1-2-10/h5,11H,1,3-4H2. The Balaban J connectivity index is 3.80. The summed E-state index contributed by atoms with van der Waals surface area (Å²) in [5.74, 6) is -0.972. The van der Waals surface area contributed by atoms with Crippen molar-refractivity contribution in [3.63, 3.8) is 0 Å². The fraction of sp³-hybridized carbons (Fsp3) is 0.833. The highest BCUT2D eigenvalue weighted by Gasteiger charge is 2.31. The van der Waals surface area contributed by atoms with Gasteiger partial charge in [0.2, 0.25) is 0 Å². The number of nitrogens with zero attached hydrogens (tertiary/aromatic N) is 1. The first kappa shape index (κ1) is 10.2. The lowest BCUT2D eigenvalue weighted by atomic mass is 10.0. The minimum atomic E-state index is -4.29. The maximum Gasteiger partial charge on any atom is 0.389 e. The molecular weight excluding hydrogens is 159 g/mol. The highest BCUT2D eigenvalue weighted by Crippen LogP contribution is 2.25. The smallest absolute Gasteiger partial charge is 0.389 e. The van der Waals surface area contributed by atoms with Crippen LogP contribution in [0.1, 0.15) is 12.8 Å². The maximum absolute atomic E-state index is 11.6. The fourth-order valence-corrected chi connectivity index (χ4v) is 0.658. The van der Waals surface area contributed by atoms with Gasteiger partial charge in [-0.2, -0.15) is 18.4 Å². The van der Waals surface area contributed by atoms with Gasteiger partial charge in [0.1, 0.15) is 0 Å². The zero-order valence-corrected chi connectivity index (χ0v) is 5.73. The predicted octanol–water partition coefficient (Wildman–Crippen LogP) is 1.46. The van der Waals surface area contributed by atoms with Crippen LogP contribution >= 0.6 is 0 Å². The number of alkyl halides is 3. The monoisotopic (exact) mass is 167 g/mol. The molecule has 0 aliphatic carbocycles. The molecule has 11 heavy (non-hydrogen) atoms. The Kier molecular flexibility index (Phi) is 3.90. The minimum Gasteiger partial charge on any atom is -0.396 e. The van der Waals surface area contributed by atoms with Crippen LogP contribution in [0.5, 0.6) is 0 Å². The summed E-state index contributed by atoms with van der Waals surface area (Å²) < 4.78 is 34.8. The Morgan fingerprint density at radius 3 is 2.27 bits per heavy atom. The third kappa shape index (κ3) is 5.67. The Morgan fingerprint density at radius 2 is 2.00 bits per heavy atom. The topological polar surface area (TPSA) is 44.0 Å². The van der Waals surface area contributed by atoms with E-state index in [1.165, 1.54) is 0 Å². The molecule has 5 heteroatoms. The van der Waals surface area contributed by atoms with Crippen LogP contribution in [-0.4, -0.2) is 17.9 Å². The molecule has 0 aromatic rings. The molecule has 0 rings (SSSR count). The van der Waals surface area contributed by atoms with Gasteiger partial charge in [0, 0.05) is 25.4 Å². The summed E-state index contributed by atoms with van der Waals surface area (Å²) in [6.07, 6.45) is -5.63. The maximum atomic E-state index is 11.6. The van der Waals surface area contributed by atoms with Gasteiger partial charge in [-0.15, -0.1) is 0 Å². The lowest BCUT2D eigenvalue weighted by molar-refractivity contribution is -0.146. The van der Waals surface area contributed by atoms with Crippen LogP contribution in [0, 0.1) is 17.2 Å². The first-order valence-electron chi connectivity index (χ1n) is 3.04. The molecule has 1 N–H and O–H groups in total. The third-order valence-corrected chi connectivity index (χ3v) is 1.16. The highest BCUT2D eigenvalue weighted by molar-refractivity contribution is 4.76. The van der Waals surface area contributed by atoms with E-state index >= 15 is 0 Å². The predicted molar refractivity (Wildman–Crippen MR) is 31.5 cm³/mol. The highest BCUT2D eigenvalue weighted by atomic mass is 19.4. The largest absolute Gasteiger partial charge is 0.396 e. The molecule has 0 aromatic carbocycles. The zero-order valence-electron chi connectivity index (χ0n) is 5.73. The molecule has 0 amide bonds. The van der Waals surface area contributed by atoms with Gasteiger partial charge < -0.3 is 5.11 Å². The Hall–Kier alpha value is -0.760. The van der Waals surface area contributed by atoms with Crippen LogP contribution in [0.15, 0.2) is 0 Å². The summed E-state index contributed by atoms with van der Waals surface area (Å²) in [6.45, 7) is -0.590. The second-order valence-electron chi connectivity index (χ2n) is 2.23. The van der Waals surface area contributed by atoms with Crippen LogP contribution in [0.25, 0.3) is 0 Å². The average Bonchev–Trinajstić information content (AvgIpc) is 1.84. The number of aliphatic hydroxyl groups is 1. The number of halogens is 3. The van der Waals surface area contributed by atoms with Crippen molar-refractivity contribution >= 4 is 0 Å². The molecule has 1 unspecified atom stereocenters. The molecule has 0 aromatic heterocycles. The van der Waals surface area contributed by atoms with E-state index in [0.29, 0.717) is 0 Å². The molecular formula is C6H8F3NO. The van der Waals surface area contributed by atoms with E-state index in [9.17, 15) is 13.2 Å². The molecule has 0 heterocycles. The number of aliphatic hydroxyl groups excluding tert-OH is 1. The molecule has 0 fully saturated rings. The molecule has 64 valence electrons. The van der Waals surface area contributed by atoms with Crippen LogP contribution in [0.4, 0.5) is 13.2 Å². The van der Waals surface area contributed by atoms with Gasteiger partial charge in [-0.05, 0) is 0 Å². The Morgan fingerprint density at radius 1 is 1.45 bits per heavy atom. The molecule has 0 radical (unpaired) electrons. The van der Waals surface area contributed by atoms with Crippen molar-refractivity contribution < 1.29 is 18.3 Å². The quantitative estimate of drug-likeness (QED) is 0.691. The fourth-order valence-electron chi connectivity index (χ4n) is 0.658. The summed E-state index contributed by atoms with van der Waals surface area (Å²) >= 11 is 0. The van der Waals surface area contributed by atoms with E-state index < -0.39 is 25.1 Å². The second kappa shape index (κ2) is 4.19. The van der Waals surface area contributed by atoms with E-state index in [2.05, 4.69) is 0 Å². The summed E-state index contributed by atoms with van der Waals surface area (Å²) in [5, 5.41) is 16.4. The van der Waals surface area contributed by atoms with E-state index in [4.69, 9.17) is 10.4 Å². The van der Waals surface area contributed by atoms with Crippen molar-refractivity contribution in [3.05, 3.63) is 0 Å². The summed E-state index contributed by atoms with van der Waals surface area (Å²) in [5.41, 5.74) is 0. The molecule has 0 bridgehead atoms. The SMILES string of the molecule is N#CCC(CO)CC(F)(F)F. The van der Waals surface area contributed by atoms with E-state index in [0.717, 1.165) is 0 Å². The number of rotatable bonds is 3. The molecule has 2 nitrogen and oxygen atoms in total. The van der Waals surface area contributed by atoms with Crippen LogP contribution in [-0.2, 0) is 0 Å². The van der Waals surface area contributed by atoms with Gasteiger partial charge >= 0.3 is 6.18 Å².